The van der Waals surface area contributed by atoms with Crippen LogP contribution in [0, 0.1) is 0 Å². The van der Waals surface area contributed by atoms with Crippen LogP contribution in [-0.2, 0) is 9.47 Å². The van der Waals surface area contributed by atoms with Crippen LogP contribution in [-0.4, -0.2) is 73.8 Å². The molecule has 0 aromatic heterocycles. The molecule has 4 atom stereocenters. The number of aliphatic hydroxyl groups excluding tert-OH is 1. The largest absolute Gasteiger partial charge is 0.389 e. The number of nitrogens with zero attached hydrogens (tertiary/aromatic N) is 1. The molecule has 3 heterocycles. The zero-order chi connectivity index (χ0) is 11.7. The van der Waals surface area contributed by atoms with Gasteiger partial charge in [-0.3, -0.25) is 4.90 Å². The minimum Gasteiger partial charge on any atom is -0.389 e. The van der Waals surface area contributed by atoms with Gasteiger partial charge >= 0.3 is 0 Å². The van der Waals surface area contributed by atoms with E-state index >= 15 is 0 Å². The van der Waals surface area contributed by atoms with E-state index < -0.39 is 0 Å². The molecule has 2 N–H and O–H groups in total. The van der Waals surface area contributed by atoms with Crippen LogP contribution < -0.4 is 5.32 Å². The quantitative estimate of drug-likeness (QED) is 0.678. The van der Waals surface area contributed by atoms with Gasteiger partial charge in [0.15, 0.2) is 0 Å². The van der Waals surface area contributed by atoms with Crippen LogP contribution in [0.2, 0.25) is 0 Å². The fourth-order valence-electron chi connectivity index (χ4n) is 3.03. The molecule has 0 spiro atoms. The highest BCUT2D eigenvalue weighted by molar-refractivity contribution is 4.88. The average Bonchev–Trinajstić information content (AvgIpc) is 2.94. The Morgan fingerprint density at radius 1 is 1.29 bits per heavy atom. The normalized spacial score (nSPS) is 42.9. The van der Waals surface area contributed by atoms with Crippen molar-refractivity contribution in [3.63, 3.8) is 0 Å². The summed E-state index contributed by atoms with van der Waals surface area (Å²) in [6.45, 7) is 5.00. The second-order valence-corrected chi connectivity index (χ2v) is 5.37. The van der Waals surface area contributed by atoms with Gasteiger partial charge in [0, 0.05) is 19.1 Å². The standard InChI is InChI=1S/C12H22N2O3/c15-12-8-16-7-11(12)13-4-10-5-14-3-1-2-9(14)6-17-10/h9-13,15H,1-8H2. The van der Waals surface area contributed by atoms with E-state index in [1.54, 1.807) is 0 Å². The fraction of sp³-hybridized carbons (Fsp3) is 1.00. The number of fused-ring (bicyclic) bond motifs is 1. The molecule has 0 amide bonds. The molecule has 0 radical (unpaired) electrons. The summed E-state index contributed by atoms with van der Waals surface area (Å²) in [5.41, 5.74) is 0. The monoisotopic (exact) mass is 242 g/mol. The van der Waals surface area contributed by atoms with Gasteiger partial charge in [0.25, 0.3) is 0 Å². The van der Waals surface area contributed by atoms with Gasteiger partial charge < -0.3 is 19.9 Å². The lowest BCUT2D eigenvalue weighted by Crippen LogP contribution is -2.51. The molecule has 4 unspecified atom stereocenters. The van der Waals surface area contributed by atoms with Crippen molar-refractivity contribution in [2.75, 3.05) is 39.5 Å². The third-order valence-corrected chi connectivity index (χ3v) is 4.12. The molecule has 0 aromatic rings. The lowest BCUT2D eigenvalue weighted by Gasteiger charge is -2.35. The molecule has 0 bridgehead atoms. The second kappa shape index (κ2) is 5.20. The van der Waals surface area contributed by atoms with E-state index in [0.29, 0.717) is 19.3 Å². The summed E-state index contributed by atoms with van der Waals surface area (Å²) in [4.78, 5) is 2.54. The molecule has 98 valence electrons. The van der Waals surface area contributed by atoms with Gasteiger partial charge in [-0.1, -0.05) is 0 Å². The summed E-state index contributed by atoms with van der Waals surface area (Å²) in [6, 6.07) is 0.738. The first-order valence-corrected chi connectivity index (χ1v) is 6.68. The van der Waals surface area contributed by atoms with Crippen LogP contribution in [0.25, 0.3) is 0 Å². The van der Waals surface area contributed by atoms with Crippen LogP contribution >= 0.6 is 0 Å². The minimum absolute atomic E-state index is 0.0786. The summed E-state index contributed by atoms with van der Waals surface area (Å²) >= 11 is 0. The Bertz CT molecular complexity index is 264. The van der Waals surface area contributed by atoms with E-state index in [0.717, 1.165) is 19.7 Å². The Labute approximate surface area is 102 Å². The fourth-order valence-corrected chi connectivity index (χ4v) is 3.03. The highest BCUT2D eigenvalue weighted by atomic mass is 16.5. The average molecular weight is 242 g/mol. The SMILES string of the molecule is OC1COCC1NCC1CN2CCCC2CO1. The number of aliphatic hydroxyl groups is 1. The highest BCUT2D eigenvalue weighted by Crippen LogP contribution is 2.22. The zero-order valence-electron chi connectivity index (χ0n) is 10.2. The van der Waals surface area contributed by atoms with Crippen molar-refractivity contribution < 1.29 is 14.6 Å². The van der Waals surface area contributed by atoms with Gasteiger partial charge in [0.05, 0.1) is 38.1 Å². The molecule has 3 aliphatic heterocycles. The maximum atomic E-state index is 9.63. The van der Waals surface area contributed by atoms with E-state index in [1.165, 1.54) is 19.4 Å². The first-order chi connectivity index (χ1) is 8.33. The lowest BCUT2D eigenvalue weighted by atomic mass is 10.1. The predicted octanol–water partition coefficient (Wildman–Crippen LogP) is -0.801. The number of morpholine rings is 1. The molecule has 3 aliphatic rings. The smallest absolute Gasteiger partial charge is 0.0948 e. The number of rotatable bonds is 3. The van der Waals surface area contributed by atoms with Crippen LogP contribution in [0.3, 0.4) is 0 Å². The summed E-state index contributed by atoms with van der Waals surface area (Å²) < 4.78 is 11.1. The van der Waals surface area contributed by atoms with Crippen molar-refractivity contribution in [1.29, 1.82) is 0 Å². The number of ether oxygens (including phenoxy) is 2. The Hall–Kier alpha value is -0.200. The van der Waals surface area contributed by atoms with Crippen molar-refractivity contribution >= 4 is 0 Å². The Morgan fingerprint density at radius 2 is 2.24 bits per heavy atom. The molecule has 3 saturated heterocycles. The van der Waals surface area contributed by atoms with E-state index in [-0.39, 0.29) is 18.2 Å². The van der Waals surface area contributed by atoms with Crippen LogP contribution in [0.4, 0.5) is 0 Å². The van der Waals surface area contributed by atoms with E-state index in [2.05, 4.69) is 10.2 Å². The van der Waals surface area contributed by atoms with E-state index in [4.69, 9.17) is 9.47 Å². The molecule has 3 fully saturated rings. The van der Waals surface area contributed by atoms with Gasteiger partial charge in [0.1, 0.15) is 0 Å². The van der Waals surface area contributed by atoms with Crippen LogP contribution in [0.5, 0.6) is 0 Å². The molecular weight excluding hydrogens is 220 g/mol. The third kappa shape index (κ3) is 2.63. The number of hydrogen-bond acceptors (Lipinski definition) is 5. The molecule has 5 heteroatoms. The van der Waals surface area contributed by atoms with E-state index in [9.17, 15) is 5.11 Å². The summed E-state index contributed by atoms with van der Waals surface area (Å²) in [6.07, 6.45) is 2.49. The predicted molar refractivity (Wildman–Crippen MR) is 63.0 cm³/mol. The van der Waals surface area contributed by atoms with E-state index in [1.807, 2.05) is 0 Å². The molecule has 0 saturated carbocycles. The highest BCUT2D eigenvalue weighted by Gasteiger charge is 2.33. The van der Waals surface area contributed by atoms with Gasteiger partial charge in [0.2, 0.25) is 0 Å². The van der Waals surface area contributed by atoms with Crippen LogP contribution in [0.15, 0.2) is 0 Å². The number of hydrogen-bond donors (Lipinski definition) is 2. The summed E-state index contributed by atoms with van der Waals surface area (Å²) in [5.74, 6) is 0. The Morgan fingerprint density at radius 3 is 3.06 bits per heavy atom. The first kappa shape index (κ1) is 11.9. The summed E-state index contributed by atoms with van der Waals surface area (Å²) in [7, 11) is 0. The molecule has 5 nitrogen and oxygen atoms in total. The number of nitrogens with one attached hydrogen (secondary N) is 1. The Balaban J connectivity index is 1.43. The third-order valence-electron chi connectivity index (χ3n) is 4.12. The lowest BCUT2D eigenvalue weighted by molar-refractivity contribution is -0.0487. The summed E-state index contributed by atoms with van der Waals surface area (Å²) in [5, 5.41) is 13.0. The van der Waals surface area contributed by atoms with Gasteiger partial charge in [-0.25, -0.2) is 0 Å². The molecule has 0 aromatic carbocycles. The van der Waals surface area contributed by atoms with Gasteiger partial charge in [-0.2, -0.15) is 0 Å². The molecule has 17 heavy (non-hydrogen) atoms. The molecule has 0 aliphatic carbocycles. The molecule has 3 rings (SSSR count). The maximum Gasteiger partial charge on any atom is 0.0948 e. The van der Waals surface area contributed by atoms with Crippen molar-refractivity contribution in [2.45, 2.75) is 37.1 Å². The zero-order valence-corrected chi connectivity index (χ0v) is 10.2. The second-order valence-electron chi connectivity index (χ2n) is 5.37. The Kier molecular flexibility index (Phi) is 3.63. The van der Waals surface area contributed by atoms with Crippen molar-refractivity contribution in [3.05, 3.63) is 0 Å². The van der Waals surface area contributed by atoms with Gasteiger partial charge in [-0.15, -0.1) is 0 Å². The van der Waals surface area contributed by atoms with Crippen molar-refractivity contribution in [3.8, 4) is 0 Å². The van der Waals surface area contributed by atoms with Gasteiger partial charge in [-0.05, 0) is 19.4 Å². The first-order valence-electron chi connectivity index (χ1n) is 6.68. The van der Waals surface area contributed by atoms with Crippen molar-refractivity contribution in [1.82, 2.24) is 10.2 Å². The van der Waals surface area contributed by atoms with Crippen LogP contribution in [0.1, 0.15) is 12.8 Å². The maximum absolute atomic E-state index is 9.63. The minimum atomic E-state index is -0.363. The van der Waals surface area contributed by atoms with Crippen molar-refractivity contribution in [2.24, 2.45) is 0 Å². The molecular formula is C12H22N2O3. The topological polar surface area (TPSA) is 54.0 Å².